The van der Waals surface area contributed by atoms with Crippen LogP contribution < -0.4 is 10.6 Å². The minimum atomic E-state index is -0.622. The number of nitrogens with zero attached hydrogens (tertiary/aromatic N) is 1. The summed E-state index contributed by atoms with van der Waals surface area (Å²) in [6, 6.07) is 5.03. The first kappa shape index (κ1) is 22.8. The minimum Gasteiger partial charge on any atom is -0.465 e. The third kappa shape index (κ3) is 5.25. The largest absolute Gasteiger partial charge is 0.465 e. The van der Waals surface area contributed by atoms with E-state index in [1.54, 1.807) is 25.1 Å². The molecule has 2 N–H and O–H groups in total. The fourth-order valence-corrected chi connectivity index (χ4v) is 3.95. The van der Waals surface area contributed by atoms with E-state index in [4.69, 9.17) is 16.3 Å². The van der Waals surface area contributed by atoms with E-state index >= 15 is 0 Å². The molecule has 2 atom stereocenters. The predicted octanol–water partition coefficient (Wildman–Crippen LogP) is 4.55. The molecule has 8 nitrogen and oxygen atoms in total. The van der Waals surface area contributed by atoms with E-state index in [1.165, 1.54) is 7.11 Å². The van der Waals surface area contributed by atoms with E-state index in [0.717, 1.165) is 0 Å². The SMILES string of the molecule is CCOC(=O)C1CCC[C@@H](C)C(=O)Nc2cc(NC(=O)OC)ccc2C2=C(Cl)CC1=N2. The molecule has 2 aliphatic rings. The van der Waals surface area contributed by atoms with Gasteiger partial charge in [-0.3, -0.25) is 19.9 Å². The zero-order valence-electron chi connectivity index (χ0n) is 17.8. The molecule has 9 heteroatoms. The maximum Gasteiger partial charge on any atom is 0.411 e. The summed E-state index contributed by atoms with van der Waals surface area (Å²) in [5.74, 6) is -1.25. The molecule has 1 unspecified atom stereocenters. The van der Waals surface area contributed by atoms with E-state index in [0.29, 0.717) is 59.1 Å². The zero-order valence-corrected chi connectivity index (χ0v) is 18.5. The van der Waals surface area contributed by atoms with Gasteiger partial charge in [0.15, 0.2) is 0 Å². The number of methoxy groups -OCH3 is 1. The highest BCUT2D eigenvalue weighted by Gasteiger charge is 2.32. The van der Waals surface area contributed by atoms with E-state index in [-0.39, 0.29) is 24.4 Å². The van der Waals surface area contributed by atoms with Gasteiger partial charge in [-0.05, 0) is 38.0 Å². The molecule has 0 aromatic heterocycles. The van der Waals surface area contributed by atoms with Crippen molar-refractivity contribution >= 4 is 52.4 Å². The molecule has 0 saturated heterocycles. The van der Waals surface area contributed by atoms with E-state index in [2.05, 4.69) is 20.4 Å². The number of rotatable bonds is 3. The van der Waals surface area contributed by atoms with Gasteiger partial charge >= 0.3 is 12.1 Å². The third-order valence-electron chi connectivity index (χ3n) is 5.36. The molecule has 0 spiro atoms. The Morgan fingerprint density at radius 3 is 2.81 bits per heavy atom. The summed E-state index contributed by atoms with van der Waals surface area (Å²) in [6.45, 7) is 3.90. The van der Waals surface area contributed by atoms with Crippen molar-refractivity contribution in [2.24, 2.45) is 16.8 Å². The predicted molar refractivity (Wildman–Crippen MR) is 119 cm³/mol. The normalized spacial score (nSPS) is 21.2. The summed E-state index contributed by atoms with van der Waals surface area (Å²) in [4.78, 5) is 41.6. The second kappa shape index (κ2) is 9.96. The van der Waals surface area contributed by atoms with Crippen molar-refractivity contribution in [1.29, 1.82) is 0 Å². The lowest BCUT2D eigenvalue weighted by Gasteiger charge is -2.19. The van der Waals surface area contributed by atoms with Crippen molar-refractivity contribution in [3.05, 3.63) is 28.8 Å². The van der Waals surface area contributed by atoms with Gasteiger partial charge in [0, 0.05) is 29.3 Å². The molecule has 3 rings (SSSR count). The van der Waals surface area contributed by atoms with Crippen LogP contribution in [0.4, 0.5) is 16.2 Å². The molecule has 166 valence electrons. The molecule has 31 heavy (non-hydrogen) atoms. The first-order valence-electron chi connectivity index (χ1n) is 10.3. The van der Waals surface area contributed by atoms with Crippen molar-refractivity contribution in [2.75, 3.05) is 24.4 Å². The van der Waals surface area contributed by atoms with Crippen LogP contribution in [0.25, 0.3) is 5.70 Å². The zero-order chi connectivity index (χ0) is 22.5. The topological polar surface area (TPSA) is 106 Å². The number of carbonyl (C=O) groups excluding carboxylic acids is 3. The van der Waals surface area contributed by atoms with E-state index in [1.807, 2.05) is 6.92 Å². The minimum absolute atomic E-state index is 0.163. The fraction of sp³-hybridized carbons (Fsp3) is 0.455. The van der Waals surface area contributed by atoms with Crippen LogP contribution >= 0.6 is 11.6 Å². The van der Waals surface area contributed by atoms with Gasteiger partial charge in [-0.2, -0.15) is 0 Å². The maximum absolute atomic E-state index is 12.8. The highest BCUT2D eigenvalue weighted by molar-refractivity contribution is 6.36. The van der Waals surface area contributed by atoms with Gasteiger partial charge in [0.2, 0.25) is 5.91 Å². The summed E-state index contributed by atoms with van der Waals surface area (Å²) < 4.78 is 9.89. The van der Waals surface area contributed by atoms with Crippen molar-refractivity contribution in [1.82, 2.24) is 0 Å². The smallest absolute Gasteiger partial charge is 0.411 e. The number of nitrogens with one attached hydrogen (secondary N) is 2. The van der Waals surface area contributed by atoms with Gasteiger partial charge in [0.1, 0.15) is 0 Å². The van der Waals surface area contributed by atoms with Gasteiger partial charge in [-0.25, -0.2) is 4.79 Å². The number of anilines is 2. The number of esters is 1. The van der Waals surface area contributed by atoms with Crippen molar-refractivity contribution in [3.63, 3.8) is 0 Å². The molecular formula is C22H26ClN3O5. The number of carbonyl (C=O) groups is 3. The number of allylic oxidation sites excluding steroid dienone is 1. The molecular weight excluding hydrogens is 422 g/mol. The Morgan fingerprint density at radius 1 is 1.32 bits per heavy atom. The molecule has 1 aromatic carbocycles. The van der Waals surface area contributed by atoms with Crippen molar-refractivity contribution in [2.45, 2.75) is 39.5 Å². The van der Waals surface area contributed by atoms with E-state index < -0.39 is 12.0 Å². The van der Waals surface area contributed by atoms with Crippen molar-refractivity contribution in [3.8, 4) is 0 Å². The average molecular weight is 448 g/mol. The van der Waals surface area contributed by atoms with Crippen LogP contribution in [-0.4, -0.2) is 37.4 Å². The summed E-state index contributed by atoms with van der Waals surface area (Å²) in [7, 11) is 1.27. The number of benzene rings is 1. The Labute approximate surface area is 186 Å². The standard InChI is InChI=1S/C22H26ClN3O5/c1-4-31-21(28)15-7-5-6-12(2)20(27)26-17-10-13(24-22(29)30-3)8-9-14(17)19-16(23)11-18(15)25-19/h8-10,12,15H,4-7,11H2,1-3H3,(H,24,29)(H,26,27)/t12-,15?/m1/s1. The van der Waals surface area contributed by atoms with Crippen molar-refractivity contribution < 1.29 is 23.9 Å². The summed E-state index contributed by atoms with van der Waals surface area (Å²) in [5.41, 5.74) is 2.70. The van der Waals surface area contributed by atoms with Gasteiger partial charge in [0.05, 0.1) is 36.1 Å². The van der Waals surface area contributed by atoms with E-state index in [9.17, 15) is 14.4 Å². The number of hydrogen-bond donors (Lipinski definition) is 2. The van der Waals surface area contributed by atoms with Gasteiger partial charge < -0.3 is 14.8 Å². The lowest BCUT2D eigenvalue weighted by atomic mass is 9.92. The molecule has 2 heterocycles. The molecule has 0 aliphatic carbocycles. The highest BCUT2D eigenvalue weighted by atomic mass is 35.5. The van der Waals surface area contributed by atoms with Crippen LogP contribution in [0.1, 0.15) is 45.1 Å². The number of hydrogen-bond acceptors (Lipinski definition) is 6. The molecule has 0 fully saturated rings. The lowest BCUT2D eigenvalue weighted by Crippen LogP contribution is -2.27. The van der Waals surface area contributed by atoms with Crippen LogP contribution in [0.15, 0.2) is 28.2 Å². The number of ether oxygens (including phenoxy) is 2. The van der Waals surface area contributed by atoms with Crippen LogP contribution in [0, 0.1) is 11.8 Å². The Kier molecular flexibility index (Phi) is 7.33. The van der Waals surface area contributed by atoms with Crippen LogP contribution in [0.3, 0.4) is 0 Å². The lowest BCUT2D eigenvalue weighted by molar-refractivity contribution is -0.145. The molecule has 2 aliphatic heterocycles. The third-order valence-corrected chi connectivity index (χ3v) is 5.68. The highest BCUT2D eigenvalue weighted by Crippen LogP contribution is 2.39. The molecule has 1 aromatic rings. The van der Waals surface area contributed by atoms with Crippen LogP contribution in [-0.2, 0) is 19.1 Å². The van der Waals surface area contributed by atoms with Crippen LogP contribution in [0.5, 0.6) is 0 Å². The molecule has 2 bridgehead atoms. The molecule has 0 saturated carbocycles. The van der Waals surface area contributed by atoms with Crippen LogP contribution in [0.2, 0.25) is 0 Å². The second-order valence-electron chi connectivity index (χ2n) is 7.54. The number of fused-ring (bicyclic) bond motifs is 3. The van der Waals surface area contributed by atoms with Gasteiger partial charge in [0.25, 0.3) is 0 Å². The number of halogens is 1. The summed E-state index contributed by atoms with van der Waals surface area (Å²) >= 11 is 6.54. The first-order valence-corrected chi connectivity index (χ1v) is 10.6. The number of aliphatic imine (C=N–C) groups is 1. The average Bonchev–Trinajstić information content (AvgIpc) is 3.11. The van der Waals surface area contributed by atoms with Gasteiger partial charge in [-0.1, -0.05) is 24.9 Å². The Hall–Kier alpha value is -2.87. The Balaban J connectivity index is 2.05. The van der Waals surface area contributed by atoms with Gasteiger partial charge in [-0.15, -0.1) is 0 Å². The molecule has 2 amide bonds. The molecule has 0 radical (unpaired) electrons. The second-order valence-corrected chi connectivity index (χ2v) is 7.99. The Morgan fingerprint density at radius 2 is 2.10 bits per heavy atom. The summed E-state index contributed by atoms with van der Waals surface area (Å²) in [6.07, 6.45) is 1.55. The summed E-state index contributed by atoms with van der Waals surface area (Å²) in [5, 5.41) is 6.01. The maximum atomic E-state index is 12.8. The monoisotopic (exact) mass is 447 g/mol. The first-order chi connectivity index (χ1) is 14.8. The Bertz CT molecular complexity index is 956. The quantitative estimate of drug-likeness (QED) is 0.661. The fourth-order valence-electron chi connectivity index (χ4n) is 3.67. The number of amides is 2.